The Bertz CT molecular complexity index is 430. The van der Waals surface area contributed by atoms with Crippen LogP contribution in [0, 0.1) is 5.92 Å². The molecule has 0 bridgehead atoms. The summed E-state index contributed by atoms with van der Waals surface area (Å²) in [5.74, 6) is 1.01. The molecule has 0 heterocycles. The van der Waals surface area contributed by atoms with E-state index in [-0.39, 0.29) is 5.91 Å². The number of rotatable bonds is 15. The lowest BCUT2D eigenvalue weighted by Gasteiger charge is -2.21. The highest BCUT2D eigenvalue weighted by molar-refractivity contribution is 5.75. The average Bonchev–Trinajstić information content (AvgIpc) is 2.70. The zero-order chi connectivity index (χ0) is 19.4. The number of hydrogen-bond acceptors (Lipinski definition) is 1. The van der Waals surface area contributed by atoms with Crippen LogP contribution in [0.25, 0.3) is 0 Å². The predicted octanol–water partition coefficient (Wildman–Crippen LogP) is 7.27. The summed E-state index contributed by atoms with van der Waals surface area (Å²) in [6, 6.07) is 0. The first kappa shape index (κ1) is 23.7. The molecular formula is C25H43NO. The SMILES string of the molecule is CC/C=C\C/C=C\C/C=C\CCCCCCCC(=O)NCC1CCCCC1. The van der Waals surface area contributed by atoms with Gasteiger partial charge in [-0.05, 0) is 57.3 Å². The number of carbonyl (C=O) groups is 1. The van der Waals surface area contributed by atoms with Crippen molar-refractivity contribution in [3.05, 3.63) is 36.5 Å². The van der Waals surface area contributed by atoms with Crippen molar-refractivity contribution >= 4 is 5.91 Å². The molecular weight excluding hydrogens is 330 g/mol. The first-order valence-corrected chi connectivity index (χ1v) is 11.5. The maximum atomic E-state index is 11.9. The third-order valence-electron chi connectivity index (χ3n) is 5.37. The van der Waals surface area contributed by atoms with Crippen LogP contribution in [0.2, 0.25) is 0 Å². The third-order valence-corrected chi connectivity index (χ3v) is 5.37. The average molecular weight is 374 g/mol. The Kier molecular flexibility index (Phi) is 15.9. The summed E-state index contributed by atoms with van der Waals surface area (Å²) < 4.78 is 0. The molecule has 1 rings (SSSR count). The molecule has 0 aromatic heterocycles. The molecule has 0 aromatic carbocycles. The van der Waals surface area contributed by atoms with Gasteiger partial charge in [-0.25, -0.2) is 0 Å². The maximum absolute atomic E-state index is 11.9. The van der Waals surface area contributed by atoms with E-state index in [1.807, 2.05) is 0 Å². The Morgan fingerprint density at radius 2 is 1.44 bits per heavy atom. The van der Waals surface area contributed by atoms with Crippen molar-refractivity contribution in [2.75, 3.05) is 6.54 Å². The molecule has 154 valence electrons. The molecule has 27 heavy (non-hydrogen) atoms. The van der Waals surface area contributed by atoms with E-state index in [2.05, 4.69) is 48.7 Å². The third kappa shape index (κ3) is 15.4. The van der Waals surface area contributed by atoms with Crippen LogP contribution in [-0.4, -0.2) is 12.5 Å². The van der Waals surface area contributed by atoms with E-state index in [0.717, 1.165) is 38.1 Å². The van der Waals surface area contributed by atoms with Crippen molar-refractivity contribution in [2.24, 2.45) is 5.92 Å². The number of hydrogen-bond donors (Lipinski definition) is 1. The van der Waals surface area contributed by atoms with Crippen LogP contribution in [-0.2, 0) is 4.79 Å². The van der Waals surface area contributed by atoms with Gasteiger partial charge in [-0.3, -0.25) is 4.79 Å². The second kappa shape index (κ2) is 18.1. The number of carbonyl (C=O) groups excluding carboxylic acids is 1. The van der Waals surface area contributed by atoms with Crippen molar-refractivity contribution in [1.82, 2.24) is 5.32 Å². The summed E-state index contributed by atoms with van der Waals surface area (Å²) in [6.45, 7) is 3.08. The summed E-state index contributed by atoms with van der Waals surface area (Å²) in [5.41, 5.74) is 0. The minimum absolute atomic E-state index is 0.266. The number of amides is 1. The van der Waals surface area contributed by atoms with Crippen LogP contribution in [0.3, 0.4) is 0 Å². The first-order valence-electron chi connectivity index (χ1n) is 11.5. The molecule has 0 aromatic rings. The Morgan fingerprint density at radius 1 is 0.815 bits per heavy atom. The molecule has 1 fully saturated rings. The summed E-state index contributed by atoms with van der Waals surface area (Å²) >= 11 is 0. The second-order valence-electron chi connectivity index (χ2n) is 7.91. The lowest BCUT2D eigenvalue weighted by Crippen LogP contribution is -2.29. The Balaban J connectivity index is 1.83. The van der Waals surface area contributed by atoms with Gasteiger partial charge < -0.3 is 5.32 Å². The molecule has 2 heteroatoms. The summed E-state index contributed by atoms with van der Waals surface area (Å²) in [6.07, 6.45) is 31.4. The molecule has 1 saturated carbocycles. The lowest BCUT2D eigenvalue weighted by molar-refractivity contribution is -0.121. The molecule has 0 spiro atoms. The quantitative estimate of drug-likeness (QED) is 0.237. The monoisotopic (exact) mass is 373 g/mol. The smallest absolute Gasteiger partial charge is 0.220 e. The van der Waals surface area contributed by atoms with Crippen molar-refractivity contribution in [3.8, 4) is 0 Å². The van der Waals surface area contributed by atoms with Gasteiger partial charge in [-0.15, -0.1) is 0 Å². The van der Waals surface area contributed by atoms with Gasteiger partial charge in [0.25, 0.3) is 0 Å². The van der Waals surface area contributed by atoms with Crippen molar-refractivity contribution in [1.29, 1.82) is 0 Å². The molecule has 1 N–H and O–H groups in total. The Morgan fingerprint density at radius 3 is 2.19 bits per heavy atom. The normalized spacial score (nSPS) is 16.0. The fraction of sp³-hybridized carbons (Fsp3) is 0.720. The minimum Gasteiger partial charge on any atom is -0.356 e. The van der Waals surface area contributed by atoms with Gasteiger partial charge in [-0.2, -0.15) is 0 Å². The highest BCUT2D eigenvalue weighted by atomic mass is 16.1. The molecule has 2 nitrogen and oxygen atoms in total. The fourth-order valence-corrected chi connectivity index (χ4v) is 3.64. The van der Waals surface area contributed by atoms with Crippen molar-refractivity contribution < 1.29 is 4.79 Å². The van der Waals surface area contributed by atoms with E-state index < -0.39 is 0 Å². The van der Waals surface area contributed by atoms with Gasteiger partial charge >= 0.3 is 0 Å². The van der Waals surface area contributed by atoms with Crippen LogP contribution in [0.15, 0.2) is 36.5 Å². The van der Waals surface area contributed by atoms with E-state index in [1.54, 1.807) is 0 Å². The summed E-state index contributed by atoms with van der Waals surface area (Å²) in [5, 5.41) is 3.14. The standard InChI is InChI=1S/C25H43NO/c1-2-3-4-5-6-7-8-9-10-11-12-13-14-15-19-22-25(27)26-23-24-20-17-16-18-21-24/h3-4,6-7,9-10,24H,2,5,8,11-23H2,1H3,(H,26,27)/b4-3-,7-6-,10-9-. The first-order chi connectivity index (χ1) is 13.3. The Labute approximate surface area is 168 Å². The predicted molar refractivity (Wildman–Crippen MR) is 119 cm³/mol. The van der Waals surface area contributed by atoms with Gasteiger partial charge in [0, 0.05) is 13.0 Å². The van der Waals surface area contributed by atoms with Crippen LogP contribution < -0.4 is 5.32 Å². The molecule has 1 aliphatic rings. The highest BCUT2D eigenvalue weighted by Crippen LogP contribution is 2.22. The van der Waals surface area contributed by atoms with Crippen molar-refractivity contribution in [3.63, 3.8) is 0 Å². The van der Waals surface area contributed by atoms with E-state index in [9.17, 15) is 4.79 Å². The largest absolute Gasteiger partial charge is 0.356 e. The molecule has 1 aliphatic carbocycles. The zero-order valence-corrected chi connectivity index (χ0v) is 17.8. The number of allylic oxidation sites excluding steroid dienone is 6. The van der Waals surface area contributed by atoms with Crippen LogP contribution in [0.5, 0.6) is 0 Å². The van der Waals surface area contributed by atoms with E-state index in [4.69, 9.17) is 0 Å². The van der Waals surface area contributed by atoms with Gasteiger partial charge in [0.05, 0.1) is 0 Å². The van der Waals surface area contributed by atoms with Gasteiger partial charge in [0.2, 0.25) is 5.91 Å². The summed E-state index contributed by atoms with van der Waals surface area (Å²) in [7, 11) is 0. The lowest BCUT2D eigenvalue weighted by atomic mass is 9.89. The van der Waals surface area contributed by atoms with E-state index in [0.29, 0.717) is 6.42 Å². The maximum Gasteiger partial charge on any atom is 0.220 e. The van der Waals surface area contributed by atoms with Crippen LogP contribution in [0.4, 0.5) is 0 Å². The molecule has 0 aliphatic heterocycles. The molecule has 0 unspecified atom stereocenters. The number of nitrogens with one attached hydrogen (secondary N) is 1. The number of unbranched alkanes of at least 4 members (excludes halogenated alkanes) is 5. The zero-order valence-electron chi connectivity index (χ0n) is 17.8. The van der Waals surface area contributed by atoms with Gasteiger partial charge in [0.1, 0.15) is 0 Å². The minimum atomic E-state index is 0.266. The van der Waals surface area contributed by atoms with Crippen LogP contribution >= 0.6 is 0 Å². The molecule has 0 radical (unpaired) electrons. The highest BCUT2D eigenvalue weighted by Gasteiger charge is 2.13. The molecule has 0 saturated heterocycles. The summed E-state index contributed by atoms with van der Waals surface area (Å²) in [4.78, 5) is 11.9. The van der Waals surface area contributed by atoms with Gasteiger partial charge in [0.15, 0.2) is 0 Å². The second-order valence-corrected chi connectivity index (χ2v) is 7.91. The fourth-order valence-electron chi connectivity index (χ4n) is 3.64. The topological polar surface area (TPSA) is 29.1 Å². The Hall–Kier alpha value is -1.31. The molecule has 1 amide bonds. The van der Waals surface area contributed by atoms with Crippen LogP contribution in [0.1, 0.15) is 103 Å². The van der Waals surface area contributed by atoms with Crippen molar-refractivity contribution in [2.45, 2.75) is 103 Å². The van der Waals surface area contributed by atoms with Gasteiger partial charge in [-0.1, -0.05) is 81.9 Å². The van der Waals surface area contributed by atoms with E-state index in [1.165, 1.54) is 64.2 Å². The van der Waals surface area contributed by atoms with E-state index >= 15 is 0 Å². The molecule has 0 atom stereocenters.